The maximum absolute atomic E-state index is 10.0. The van der Waals surface area contributed by atoms with Crippen molar-refractivity contribution in [3.8, 4) is 0 Å². The van der Waals surface area contributed by atoms with Gasteiger partial charge in [0.2, 0.25) is 0 Å². The van der Waals surface area contributed by atoms with Gasteiger partial charge in [-0.15, -0.1) is 4.36 Å². The molecule has 0 fully saturated rings. The van der Waals surface area contributed by atoms with Crippen LogP contribution >= 0.6 is 0 Å². The summed E-state index contributed by atoms with van der Waals surface area (Å²) in [6.45, 7) is 0. The van der Waals surface area contributed by atoms with Crippen LogP contribution in [-0.2, 0) is 10.5 Å². The molecule has 0 N–H and O–H groups in total. The van der Waals surface area contributed by atoms with Gasteiger partial charge in [0.05, 0.1) is 5.69 Å². The molecule has 2 aromatic carbocycles. The van der Waals surface area contributed by atoms with Crippen LogP contribution in [0.3, 0.4) is 0 Å². The molecule has 16 heavy (non-hydrogen) atoms. The highest BCUT2D eigenvalue weighted by Crippen LogP contribution is 2.07. The summed E-state index contributed by atoms with van der Waals surface area (Å²) in [4.78, 5) is 0. The quantitative estimate of drug-likeness (QED) is 0.760. The molecule has 0 aliphatic heterocycles. The number of rotatable bonds is 1. The van der Waals surface area contributed by atoms with Gasteiger partial charge in [0.25, 0.3) is 0 Å². The zero-order valence-corrected chi connectivity index (χ0v) is 9.34. The number of hydrogen-bond donors (Lipinski definition) is 0. The minimum atomic E-state index is -2.34. The van der Waals surface area contributed by atoms with Gasteiger partial charge >= 0.3 is 10.5 Å². The minimum absolute atomic E-state index is 0.454. The molecule has 0 bridgehead atoms. The predicted octanol–water partition coefficient (Wildman–Crippen LogP) is 3.07. The summed E-state index contributed by atoms with van der Waals surface area (Å²) in [5.41, 5.74) is 0.454. The summed E-state index contributed by atoms with van der Waals surface area (Å²) in [7, 11) is -2.34. The lowest BCUT2D eigenvalue weighted by Gasteiger charge is -1.83. The molecule has 0 unspecified atom stereocenters. The Hall–Kier alpha value is -1.94. The van der Waals surface area contributed by atoms with Gasteiger partial charge in [-0.3, -0.25) is 0 Å². The lowest BCUT2D eigenvalue weighted by atomic mass is 10.3. The molecule has 0 saturated heterocycles. The highest BCUT2D eigenvalue weighted by molar-refractivity contribution is 7.61. The van der Waals surface area contributed by atoms with Gasteiger partial charge in [-0.25, -0.2) is 0 Å². The molecule has 0 radical (unpaired) electrons. The van der Waals surface area contributed by atoms with Gasteiger partial charge < -0.3 is 0 Å². The Kier molecular flexibility index (Phi) is 5.58. The molecule has 0 heterocycles. The molecule has 0 atom stereocenters. The normalized spacial score (nSPS) is 8.50. The molecule has 3 nitrogen and oxygen atoms in total. The van der Waals surface area contributed by atoms with Crippen molar-refractivity contribution in [1.82, 2.24) is 0 Å². The largest absolute Gasteiger partial charge is 0.316 e. The van der Waals surface area contributed by atoms with Crippen LogP contribution in [0.5, 0.6) is 0 Å². The molecule has 0 saturated carbocycles. The van der Waals surface area contributed by atoms with E-state index in [1.807, 2.05) is 36.4 Å². The van der Waals surface area contributed by atoms with Crippen LogP contribution in [0.4, 0.5) is 5.69 Å². The Morgan fingerprint density at radius 1 is 0.688 bits per heavy atom. The van der Waals surface area contributed by atoms with Gasteiger partial charge in [-0.1, -0.05) is 54.6 Å². The smallest absolute Gasteiger partial charge is 0.163 e. The second-order valence-corrected chi connectivity index (χ2v) is 3.42. The Morgan fingerprint density at radius 2 is 1.06 bits per heavy atom. The molecule has 0 spiro atoms. The number of nitrogens with zero attached hydrogens (tertiary/aromatic N) is 1. The van der Waals surface area contributed by atoms with Gasteiger partial charge in [-0.2, -0.15) is 8.42 Å². The first-order valence-electron chi connectivity index (χ1n) is 4.65. The number of hydrogen-bond acceptors (Lipinski definition) is 3. The van der Waals surface area contributed by atoms with Crippen molar-refractivity contribution < 1.29 is 8.42 Å². The van der Waals surface area contributed by atoms with E-state index < -0.39 is 10.5 Å². The third-order valence-electron chi connectivity index (χ3n) is 1.60. The van der Waals surface area contributed by atoms with E-state index in [1.54, 1.807) is 30.3 Å². The van der Waals surface area contributed by atoms with E-state index in [9.17, 15) is 8.42 Å². The van der Waals surface area contributed by atoms with Crippen LogP contribution in [0, 0.1) is 0 Å². The van der Waals surface area contributed by atoms with Crippen molar-refractivity contribution in [2.45, 2.75) is 0 Å². The first-order chi connectivity index (χ1) is 7.79. The molecule has 2 rings (SSSR count). The summed E-state index contributed by atoms with van der Waals surface area (Å²) in [6, 6.07) is 20.5. The van der Waals surface area contributed by atoms with Crippen LogP contribution in [-0.4, -0.2) is 8.42 Å². The van der Waals surface area contributed by atoms with E-state index in [4.69, 9.17) is 0 Å². The van der Waals surface area contributed by atoms with Gasteiger partial charge in [0, 0.05) is 0 Å². The van der Waals surface area contributed by atoms with E-state index in [-0.39, 0.29) is 0 Å². The monoisotopic (exact) mass is 233 g/mol. The first kappa shape index (κ1) is 12.1. The third-order valence-corrected chi connectivity index (χ3v) is 1.96. The van der Waals surface area contributed by atoms with Gasteiger partial charge in [0.15, 0.2) is 0 Å². The molecule has 0 aliphatic carbocycles. The molecule has 0 aromatic heterocycles. The lowest BCUT2D eigenvalue weighted by molar-refractivity contribution is 0.622. The average Bonchev–Trinajstić information content (AvgIpc) is 2.32. The van der Waals surface area contributed by atoms with E-state index in [2.05, 4.69) is 4.36 Å². The molecular weight excluding hydrogens is 222 g/mol. The summed E-state index contributed by atoms with van der Waals surface area (Å²) in [5, 5.41) is 0. The highest BCUT2D eigenvalue weighted by atomic mass is 32.2. The summed E-state index contributed by atoms with van der Waals surface area (Å²) in [5.74, 6) is 0. The van der Waals surface area contributed by atoms with E-state index in [0.29, 0.717) is 5.69 Å². The van der Waals surface area contributed by atoms with Crippen LogP contribution in [0.25, 0.3) is 0 Å². The average molecular weight is 233 g/mol. The van der Waals surface area contributed by atoms with E-state index in [1.165, 1.54) is 0 Å². The lowest BCUT2D eigenvalue weighted by Crippen LogP contribution is -1.60. The molecule has 2 aromatic rings. The third kappa shape index (κ3) is 5.72. The Bertz CT molecular complexity index is 487. The topological polar surface area (TPSA) is 46.5 Å². The Balaban J connectivity index is 0.000000181. The maximum atomic E-state index is 10.0. The zero-order valence-electron chi connectivity index (χ0n) is 8.52. The molecule has 4 heteroatoms. The second-order valence-electron chi connectivity index (χ2n) is 2.80. The number of benzene rings is 2. The summed E-state index contributed by atoms with van der Waals surface area (Å²) >= 11 is 0. The fraction of sp³-hybridized carbons (Fsp3) is 0. The Morgan fingerprint density at radius 3 is 1.44 bits per heavy atom. The minimum Gasteiger partial charge on any atom is -0.163 e. The molecule has 82 valence electrons. The van der Waals surface area contributed by atoms with Crippen molar-refractivity contribution in [1.29, 1.82) is 0 Å². The fourth-order valence-corrected chi connectivity index (χ4v) is 1.25. The van der Waals surface area contributed by atoms with Gasteiger partial charge in [0.1, 0.15) is 0 Å². The molecule has 0 aliphatic rings. The van der Waals surface area contributed by atoms with Crippen molar-refractivity contribution in [2.75, 3.05) is 0 Å². The Labute approximate surface area is 96.1 Å². The van der Waals surface area contributed by atoms with Crippen molar-refractivity contribution in [3.63, 3.8) is 0 Å². The fourth-order valence-electron chi connectivity index (χ4n) is 0.960. The van der Waals surface area contributed by atoms with Crippen LogP contribution < -0.4 is 0 Å². The second kappa shape index (κ2) is 7.36. The van der Waals surface area contributed by atoms with E-state index >= 15 is 0 Å². The summed E-state index contributed by atoms with van der Waals surface area (Å²) in [6.07, 6.45) is 0. The highest BCUT2D eigenvalue weighted by Gasteiger charge is 1.82. The SMILES string of the molecule is O=S(=O)=Nc1ccccc1.c1ccccc1. The standard InChI is InChI=1S/C6H5NO2S.C6H6/c8-10(9)7-6-4-2-1-3-5-6;1-2-4-6-5-3-1/h1-5H;1-6H. The predicted molar refractivity (Wildman–Crippen MR) is 63.9 cm³/mol. The first-order valence-corrected chi connectivity index (χ1v) is 5.68. The molecule has 0 amide bonds. The van der Waals surface area contributed by atoms with E-state index in [0.717, 1.165) is 0 Å². The van der Waals surface area contributed by atoms with Crippen molar-refractivity contribution >= 4 is 16.2 Å². The van der Waals surface area contributed by atoms with Crippen molar-refractivity contribution in [2.24, 2.45) is 4.36 Å². The van der Waals surface area contributed by atoms with Crippen LogP contribution in [0.1, 0.15) is 0 Å². The maximum Gasteiger partial charge on any atom is 0.316 e. The molecular formula is C12H11NO2S. The van der Waals surface area contributed by atoms with Crippen LogP contribution in [0.15, 0.2) is 71.1 Å². The van der Waals surface area contributed by atoms with Crippen LogP contribution in [0.2, 0.25) is 0 Å². The van der Waals surface area contributed by atoms with Crippen molar-refractivity contribution in [3.05, 3.63) is 66.7 Å². The summed E-state index contributed by atoms with van der Waals surface area (Å²) < 4.78 is 23.3. The zero-order chi connectivity index (χ0) is 11.6. The van der Waals surface area contributed by atoms with Gasteiger partial charge in [-0.05, 0) is 12.1 Å².